The molecular weight excluding hydrogens is 174 g/mol. The molecule has 1 aliphatic carbocycles. The minimum absolute atomic E-state index is 0.288. The largest absolute Gasteiger partial charge is 0.330 e. The summed E-state index contributed by atoms with van der Waals surface area (Å²) < 4.78 is 0. The molecule has 1 aliphatic rings. The van der Waals surface area contributed by atoms with Gasteiger partial charge >= 0.3 is 0 Å². The summed E-state index contributed by atoms with van der Waals surface area (Å²) in [6.45, 7) is 0.759. The van der Waals surface area contributed by atoms with Crippen LogP contribution in [0, 0.1) is 0 Å². The van der Waals surface area contributed by atoms with E-state index in [0.717, 1.165) is 13.0 Å². The lowest BCUT2D eigenvalue weighted by atomic mass is 9.77. The molecule has 3 heteroatoms. The van der Waals surface area contributed by atoms with Crippen LogP contribution in [0.1, 0.15) is 37.7 Å². The Morgan fingerprint density at radius 1 is 1.21 bits per heavy atom. The highest BCUT2D eigenvalue weighted by Crippen LogP contribution is 2.42. The maximum Gasteiger partial charge on any atom is 0.115 e. The smallest absolute Gasteiger partial charge is 0.115 e. The van der Waals surface area contributed by atoms with E-state index >= 15 is 0 Å². The van der Waals surface area contributed by atoms with Crippen LogP contribution in [0.2, 0.25) is 0 Å². The first-order valence-corrected chi connectivity index (χ1v) is 5.33. The second-order valence-electron chi connectivity index (χ2n) is 4.15. The van der Waals surface area contributed by atoms with Crippen molar-refractivity contribution in [2.45, 2.75) is 37.5 Å². The van der Waals surface area contributed by atoms with Crippen LogP contribution in [-0.2, 0) is 5.41 Å². The van der Waals surface area contributed by atoms with Crippen molar-refractivity contribution >= 4 is 0 Å². The molecule has 0 amide bonds. The predicted molar refractivity (Wildman–Crippen MR) is 55.8 cm³/mol. The van der Waals surface area contributed by atoms with Gasteiger partial charge in [0.15, 0.2) is 0 Å². The summed E-state index contributed by atoms with van der Waals surface area (Å²) in [6, 6.07) is 0. The highest BCUT2D eigenvalue weighted by Gasteiger charge is 2.35. The molecular formula is C11H17N3. The average Bonchev–Trinajstić information content (AvgIpc) is 2.70. The molecule has 3 nitrogen and oxygen atoms in total. The fraction of sp³-hybridized carbons (Fsp3) is 0.636. The number of hydrogen-bond acceptors (Lipinski definition) is 3. The zero-order chi connectivity index (χ0) is 9.86. The Hall–Kier alpha value is -0.960. The van der Waals surface area contributed by atoms with Gasteiger partial charge in [0, 0.05) is 12.4 Å². The van der Waals surface area contributed by atoms with Gasteiger partial charge in [-0.25, -0.2) is 9.97 Å². The summed E-state index contributed by atoms with van der Waals surface area (Å²) in [5.41, 5.74) is 7.26. The van der Waals surface area contributed by atoms with Crippen LogP contribution in [0.25, 0.3) is 0 Å². The van der Waals surface area contributed by atoms with E-state index < -0.39 is 0 Å². The molecule has 1 saturated carbocycles. The van der Waals surface area contributed by atoms with Gasteiger partial charge < -0.3 is 5.73 Å². The molecule has 1 fully saturated rings. The number of hydrogen-bond donors (Lipinski definition) is 1. The maximum atomic E-state index is 5.69. The van der Waals surface area contributed by atoms with E-state index in [9.17, 15) is 0 Å². The van der Waals surface area contributed by atoms with Crippen molar-refractivity contribution in [3.63, 3.8) is 0 Å². The van der Waals surface area contributed by atoms with Gasteiger partial charge in [0.25, 0.3) is 0 Å². The van der Waals surface area contributed by atoms with Gasteiger partial charge in [-0.1, -0.05) is 12.8 Å². The Morgan fingerprint density at radius 2 is 1.86 bits per heavy atom. The van der Waals surface area contributed by atoms with Crippen molar-refractivity contribution in [1.82, 2.24) is 9.97 Å². The van der Waals surface area contributed by atoms with Crippen molar-refractivity contribution < 1.29 is 0 Å². The summed E-state index contributed by atoms with van der Waals surface area (Å²) in [4.78, 5) is 8.21. The zero-order valence-corrected chi connectivity index (χ0v) is 8.45. The standard InChI is InChI=1S/C11H17N3/c12-6-5-11(3-1-2-4-11)10-7-13-9-14-8-10/h7-9H,1-6,12H2. The van der Waals surface area contributed by atoms with Crippen molar-refractivity contribution in [1.29, 1.82) is 0 Å². The minimum atomic E-state index is 0.288. The molecule has 0 aliphatic heterocycles. The Balaban J connectivity index is 2.27. The van der Waals surface area contributed by atoms with Crippen LogP contribution in [0.15, 0.2) is 18.7 Å². The number of nitrogens with two attached hydrogens (primary N) is 1. The van der Waals surface area contributed by atoms with E-state index in [1.165, 1.54) is 31.2 Å². The van der Waals surface area contributed by atoms with Gasteiger partial charge in [-0.15, -0.1) is 0 Å². The van der Waals surface area contributed by atoms with Crippen molar-refractivity contribution in [3.8, 4) is 0 Å². The molecule has 0 radical (unpaired) electrons. The summed E-state index contributed by atoms with van der Waals surface area (Å²) in [6.07, 6.45) is 11.7. The van der Waals surface area contributed by atoms with Crippen LogP contribution in [0.4, 0.5) is 0 Å². The van der Waals surface area contributed by atoms with Crippen LogP contribution in [-0.4, -0.2) is 16.5 Å². The fourth-order valence-corrected chi connectivity index (χ4v) is 2.58. The Bertz CT molecular complexity index is 278. The quantitative estimate of drug-likeness (QED) is 0.790. The van der Waals surface area contributed by atoms with Gasteiger partial charge in [-0.05, 0) is 36.8 Å². The first-order valence-electron chi connectivity index (χ1n) is 5.33. The molecule has 0 atom stereocenters. The number of nitrogens with zero attached hydrogens (tertiary/aromatic N) is 2. The normalized spacial score (nSPS) is 19.8. The third kappa shape index (κ3) is 1.64. The average molecular weight is 191 g/mol. The van der Waals surface area contributed by atoms with E-state index in [4.69, 9.17) is 5.73 Å². The zero-order valence-electron chi connectivity index (χ0n) is 8.45. The number of rotatable bonds is 3. The Morgan fingerprint density at radius 3 is 2.43 bits per heavy atom. The maximum absolute atomic E-state index is 5.69. The minimum Gasteiger partial charge on any atom is -0.330 e. The monoisotopic (exact) mass is 191 g/mol. The van der Waals surface area contributed by atoms with E-state index in [1.807, 2.05) is 12.4 Å². The van der Waals surface area contributed by atoms with E-state index in [2.05, 4.69) is 9.97 Å². The topological polar surface area (TPSA) is 51.8 Å². The Labute approximate surface area is 84.8 Å². The van der Waals surface area contributed by atoms with E-state index in [-0.39, 0.29) is 5.41 Å². The van der Waals surface area contributed by atoms with E-state index in [1.54, 1.807) is 6.33 Å². The van der Waals surface area contributed by atoms with Crippen LogP contribution >= 0.6 is 0 Å². The molecule has 1 heterocycles. The predicted octanol–water partition coefficient (Wildman–Crippen LogP) is 1.64. The molecule has 0 unspecified atom stereocenters. The van der Waals surface area contributed by atoms with Crippen molar-refractivity contribution in [2.24, 2.45) is 5.73 Å². The van der Waals surface area contributed by atoms with Crippen molar-refractivity contribution in [3.05, 3.63) is 24.3 Å². The van der Waals surface area contributed by atoms with Gasteiger partial charge in [0.2, 0.25) is 0 Å². The molecule has 2 N–H and O–H groups in total. The molecule has 0 saturated heterocycles. The van der Waals surface area contributed by atoms with E-state index in [0.29, 0.717) is 0 Å². The summed E-state index contributed by atoms with van der Waals surface area (Å²) in [5.74, 6) is 0. The Kier molecular flexibility index (Phi) is 2.77. The molecule has 0 spiro atoms. The number of aromatic nitrogens is 2. The molecule has 2 rings (SSSR count). The SMILES string of the molecule is NCCC1(c2cncnc2)CCCC1. The molecule has 0 bridgehead atoms. The highest BCUT2D eigenvalue weighted by molar-refractivity contribution is 5.20. The van der Waals surface area contributed by atoms with Crippen LogP contribution in [0.5, 0.6) is 0 Å². The molecule has 1 aromatic rings. The summed E-state index contributed by atoms with van der Waals surface area (Å²) in [7, 11) is 0. The second kappa shape index (κ2) is 4.05. The highest BCUT2D eigenvalue weighted by atomic mass is 14.8. The molecule has 0 aromatic carbocycles. The third-order valence-corrected chi connectivity index (χ3v) is 3.36. The molecule has 76 valence electrons. The second-order valence-corrected chi connectivity index (χ2v) is 4.15. The van der Waals surface area contributed by atoms with Gasteiger partial charge in [-0.3, -0.25) is 0 Å². The lowest BCUT2D eigenvalue weighted by molar-refractivity contribution is 0.409. The third-order valence-electron chi connectivity index (χ3n) is 3.36. The van der Waals surface area contributed by atoms with Crippen LogP contribution in [0.3, 0.4) is 0 Å². The van der Waals surface area contributed by atoms with Gasteiger partial charge in [-0.2, -0.15) is 0 Å². The fourth-order valence-electron chi connectivity index (χ4n) is 2.58. The molecule has 1 aromatic heterocycles. The lowest BCUT2D eigenvalue weighted by Crippen LogP contribution is -2.26. The summed E-state index contributed by atoms with van der Waals surface area (Å²) >= 11 is 0. The van der Waals surface area contributed by atoms with Crippen molar-refractivity contribution in [2.75, 3.05) is 6.54 Å². The van der Waals surface area contributed by atoms with Gasteiger partial charge in [0.05, 0.1) is 0 Å². The molecule has 14 heavy (non-hydrogen) atoms. The summed E-state index contributed by atoms with van der Waals surface area (Å²) in [5, 5.41) is 0. The first-order chi connectivity index (χ1) is 6.87. The van der Waals surface area contributed by atoms with Gasteiger partial charge in [0.1, 0.15) is 6.33 Å². The van der Waals surface area contributed by atoms with Crippen LogP contribution < -0.4 is 5.73 Å². The first kappa shape index (κ1) is 9.59. The lowest BCUT2D eigenvalue weighted by Gasteiger charge is -2.28.